The van der Waals surface area contributed by atoms with Gasteiger partial charge in [-0.05, 0) is 50.4 Å². The second-order valence-corrected chi connectivity index (χ2v) is 6.53. The van der Waals surface area contributed by atoms with Gasteiger partial charge in [0.25, 0.3) is 0 Å². The molecule has 4 atom stereocenters. The first-order chi connectivity index (χ1) is 10.2. The summed E-state index contributed by atoms with van der Waals surface area (Å²) in [4.78, 5) is 0. The third-order valence-electron chi connectivity index (χ3n) is 4.72. The number of rotatable bonds is 6. The van der Waals surface area contributed by atoms with E-state index < -0.39 is 0 Å². The fourth-order valence-electron chi connectivity index (χ4n) is 3.77. The number of benzene rings is 1. The molecule has 2 bridgehead atoms. The van der Waals surface area contributed by atoms with E-state index in [0.29, 0.717) is 18.1 Å². The van der Waals surface area contributed by atoms with Gasteiger partial charge in [-0.2, -0.15) is 0 Å². The summed E-state index contributed by atoms with van der Waals surface area (Å²) >= 11 is 6.22. The molecule has 0 aliphatic carbocycles. The number of ether oxygens (including phenoxy) is 2. The lowest BCUT2D eigenvalue weighted by atomic mass is 9.80. The number of hydrogen-bond donors (Lipinski definition) is 1. The Balaban J connectivity index is 1.90. The molecule has 2 heterocycles. The van der Waals surface area contributed by atoms with Crippen molar-refractivity contribution in [3.8, 4) is 5.75 Å². The minimum Gasteiger partial charge on any atom is -0.496 e. The van der Waals surface area contributed by atoms with Crippen LogP contribution in [0.2, 0.25) is 5.02 Å². The molecule has 21 heavy (non-hydrogen) atoms. The second-order valence-electron chi connectivity index (χ2n) is 6.09. The van der Waals surface area contributed by atoms with E-state index in [-0.39, 0.29) is 6.04 Å². The lowest BCUT2D eigenvalue weighted by molar-refractivity contribution is 0.0854. The SMILES string of the molecule is CCCNC(c1cc(Cl)ccc1OC)C1CC2CCC1O2. The molecule has 0 aromatic heterocycles. The monoisotopic (exact) mass is 309 g/mol. The molecule has 3 rings (SSSR count). The minimum atomic E-state index is 0.258. The lowest BCUT2D eigenvalue weighted by Crippen LogP contribution is -2.34. The third-order valence-corrected chi connectivity index (χ3v) is 4.96. The molecule has 0 saturated carbocycles. The van der Waals surface area contributed by atoms with Crippen LogP contribution in [0.15, 0.2) is 18.2 Å². The molecular weight excluding hydrogens is 286 g/mol. The van der Waals surface area contributed by atoms with Crippen LogP contribution in [0.5, 0.6) is 5.75 Å². The molecule has 3 nitrogen and oxygen atoms in total. The van der Waals surface area contributed by atoms with E-state index in [4.69, 9.17) is 21.1 Å². The molecule has 0 spiro atoms. The quantitative estimate of drug-likeness (QED) is 0.863. The van der Waals surface area contributed by atoms with Gasteiger partial charge in [-0.3, -0.25) is 0 Å². The van der Waals surface area contributed by atoms with Crippen molar-refractivity contribution in [2.24, 2.45) is 5.92 Å². The zero-order valence-corrected chi connectivity index (χ0v) is 13.5. The molecule has 4 unspecified atom stereocenters. The zero-order chi connectivity index (χ0) is 14.8. The Morgan fingerprint density at radius 3 is 2.90 bits per heavy atom. The van der Waals surface area contributed by atoms with Gasteiger partial charge in [0, 0.05) is 22.5 Å². The summed E-state index contributed by atoms with van der Waals surface area (Å²) in [6, 6.07) is 6.15. The van der Waals surface area contributed by atoms with Crippen LogP contribution in [0.1, 0.15) is 44.2 Å². The molecule has 1 aromatic rings. The van der Waals surface area contributed by atoms with Crippen LogP contribution >= 0.6 is 11.6 Å². The summed E-state index contributed by atoms with van der Waals surface area (Å²) in [5.74, 6) is 1.43. The second kappa shape index (κ2) is 6.55. The molecule has 2 aliphatic rings. The summed E-state index contributed by atoms with van der Waals surface area (Å²) in [5, 5.41) is 4.46. The van der Waals surface area contributed by atoms with E-state index in [0.717, 1.165) is 30.2 Å². The first-order valence-electron chi connectivity index (χ1n) is 7.95. The first-order valence-corrected chi connectivity index (χ1v) is 8.33. The average Bonchev–Trinajstić information content (AvgIpc) is 3.11. The van der Waals surface area contributed by atoms with E-state index in [1.807, 2.05) is 18.2 Å². The van der Waals surface area contributed by atoms with Crippen molar-refractivity contribution in [2.45, 2.75) is 50.9 Å². The normalized spacial score (nSPS) is 28.8. The highest BCUT2D eigenvalue weighted by Crippen LogP contribution is 2.46. The van der Waals surface area contributed by atoms with Crippen LogP contribution in [0.4, 0.5) is 0 Å². The van der Waals surface area contributed by atoms with Gasteiger partial charge in [0.2, 0.25) is 0 Å². The van der Waals surface area contributed by atoms with E-state index in [1.165, 1.54) is 18.4 Å². The molecule has 4 heteroatoms. The number of methoxy groups -OCH3 is 1. The maximum absolute atomic E-state index is 6.22. The van der Waals surface area contributed by atoms with Gasteiger partial charge in [0.1, 0.15) is 5.75 Å². The predicted octanol–water partition coefficient (Wildman–Crippen LogP) is 3.96. The summed E-state index contributed by atoms with van der Waals surface area (Å²) in [6.07, 6.45) is 5.49. The largest absolute Gasteiger partial charge is 0.496 e. The zero-order valence-electron chi connectivity index (χ0n) is 12.8. The Kier molecular flexibility index (Phi) is 4.72. The Morgan fingerprint density at radius 2 is 2.29 bits per heavy atom. The lowest BCUT2D eigenvalue weighted by Gasteiger charge is -2.31. The Morgan fingerprint density at radius 1 is 1.43 bits per heavy atom. The topological polar surface area (TPSA) is 30.5 Å². The predicted molar refractivity (Wildman–Crippen MR) is 85.0 cm³/mol. The number of hydrogen-bond acceptors (Lipinski definition) is 3. The van der Waals surface area contributed by atoms with Gasteiger partial charge in [0.15, 0.2) is 0 Å². The van der Waals surface area contributed by atoms with Crippen molar-refractivity contribution in [2.75, 3.05) is 13.7 Å². The third kappa shape index (κ3) is 3.05. The fourth-order valence-corrected chi connectivity index (χ4v) is 3.95. The minimum absolute atomic E-state index is 0.258. The Hall–Kier alpha value is -0.770. The number of nitrogens with one attached hydrogen (secondary N) is 1. The molecule has 2 aliphatic heterocycles. The maximum Gasteiger partial charge on any atom is 0.123 e. The molecule has 1 N–H and O–H groups in total. The summed E-state index contributed by atoms with van der Waals surface area (Å²) in [7, 11) is 1.72. The Labute approximate surface area is 132 Å². The van der Waals surface area contributed by atoms with Crippen LogP contribution in [0, 0.1) is 5.92 Å². The van der Waals surface area contributed by atoms with E-state index >= 15 is 0 Å². The highest BCUT2D eigenvalue weighted by Gasteiger charge is 2.45. The number of fused-ring (bicyclic) bond motifs is 2. The first kappa shape index (κ1) is 15.1. The van der Waals surface area contributed by atoms with E-state index in [1.54, 1.807) is 7.11 Å². The average molecular weight is 310 g/mol. The van der Waals surface area contributed by atoms with Crippen molar-refractivity contribution in [3.05, 3.63) is 28.8 Å². The van der Waals surface area contributed by atoms with Gasteiger partial charge in [-0.15, -0.1) is 0 Å². The molecule has 2 saturated heterocycles. The molecule has 2 fully saturated rings. The van der Waals surface area contributed by atoms with Gasteiger partial charge < -0.3 is 14.8 Å². The van der Waals surface area contributed by atoms with Crippen LogP contribution in [-0.2, 0) is 4.74 Å². The Bertz CT molecular complexity index is 494. The smallest absolute Gasteiger partial charge is 0.123 e. The van der Waals surface area contributed by atoms with Crippen LogP contribution < -0.4 is 10.1 Å². The summed E-state index contributed by atoms with van der Waals surface area (Å²) in [6.45, 7) is 3.19. The van der Waals surface area contributed by atoms with Crippen molar-refractivity contribution in [1.29, 1.82) is 0 Å². The molecule has 116 valence electrons. The van der Waals surface area contributed by atoms with Gasteiger partial charge in [-0.25, -0.2) is 0 Å². The van der Waals surface area contributed by atoms with Gasteiger partial charge in [0.05, 0.1) is 19.3 Å². The maximum atomic E-state index is 6.22. The van der Waals surface area contributed by atoms with E-state index in [2.05, 4.69) is 12.2 Å². The van der Waals surface area contributed by atoms with Gasteiger partial charge >= 0.3 is 0 Å². The molecule has 0 amide bonds. The van der Waals surface area contributed by atoms with Crippen molar-refractivity contribution >= 4 is 11.6 Å². The van der Waals surface area contributed by atoms with Crippen molar-refractivity contribution in [3.63, 3.8) is 0 Å². The summed E-state index contributed by atoms with van der Waals surface area (Å²) < 4.78 is 11.6. The van der Waals surface area contributed by atoms with E-state index in [9.17, 15) is 0 Å². The standard InChI is InChI=1S/C17H24ClNO2/c1-3-8-19-17(14-10-12-5-7-16(14)21-12)13-9-11(18)4-6-15(13)20-2/h4,6,9,12,14,16-17,19H,3,5,7-8,10H2,1-2H3. The molecule has 0 radical (unpaired) electrons. The van der Waals surface area contributed by atoms with Gasteiger partial charge in [-0.1, -0.05) is 18.5 Å². The fraction of sp³-hybridized carbons (Fsp3) is 0.647. The van der Waals surface area contributed by atoms with Crippen molar-refractivity contribution in [1.82, 2.24) is 5.32 Å². The van der Waals surface area contributed by atoms with Crippen LogP contribution in [0.25, 0.3) is 0 Å². The van der Waals surface area contributed by atoms with Crippen LogP contribution in [-0.4, -0.2) is 25.9 Å². The molecule has 1 aromatic carbocycles. The number of halogens is 1. The highest BCUT2D eigenvalue weighted by atomic mass is 35.5. The van der Waals surface area contributed by atoms with Crippen LogP contribution in [0.3, 0.4) is 0 Å². The summed E-state index contributed by atoms with van der Waals surface area (Å²) in [5.41, 5.74) is 1.17. The highest BCUT2D eigenvalue weighted by molar-refractivity contribution is 6.30. The molecular formula is C17H24ClNO2. The van der Waals surface area contributed by atoms with Crippen molar-refractivity contribution < 1.29 is 9.47 Å².